The number of thiazole rings is 1. The molecule has 6 heteroatoms. The number of rotatable bonds is 2. The second-order valence-electron chi connectivity index (χ2n) is 6.49. The first-order valence-electron chi connectivity index (χ1n) is 8.07. The second kappa shape index (κ2) is 7.95. The molecule has 2 aliphatic rings. The van der Waals surface area contributed by atoms with Crippen LogP contribution in [0.5, 0.6) is 0 Å². The largest absolute Gasteiger partial charge is 0.351 e. The van der Waals surface area contributed by atoms with E-state index in [2.05, 4.69) is 27.1 Å². The lowest BCUT2D eigenvalue weighted by Gasteiger charge is -2.33. The molecule has 0 radical (unpaired) electrons. The van der Waals surface area contributed by atoms with Gasteiger partial charge in [-0.2, -0.15) is 0 Å². The summed E-state index contributed by atoms with van der Waals surface area (Å²) in [6, 6.07) is 0. The molecule has 0 bridgehead atoms. The molecule has 1 N–H and O–H groups in total. The summed E-state index contributed by atoms with van der Waals surface area (Å²) in [4.78, 5) is 12.6. The van der Waals surface area contributed by atoms with Crippen LogP contribution in [0.1, 0.15) is 49.1 Å². The van der Waals surface area contributed by atoms with Gasteiger partial charge in [0, 0.05) is 25.0 Å². The van der Waals surface area contributed by atoms with Gasteiger partial charge in [0.1, 0.15) is 0 Å². The Kier molecular flexibility index (Phi) is 6.49. The van der Waals surface area contributed by atoms with Gasteiger partial charge >= 0.3 is 0 Å². The summed E-state index contributed by atoms with van der Waals surface area (Å²) in [7, 11) is 1.90. The molecule has 1 aliphatic heterocycles. The summed E-state index contributed by atoms with van der Waals surface area (Å²) >= 11 is 1.72. The van der Waals surface area contributed by atoms with Gasteiger partial charge in [0.25, 0.3) is 0 Å². The average molecular weight is 434 g/mol. The maximum absolute atomic E-state index is 4.49. The molecule has 1 aromatic heterocycles. The number of hydrogen-bond donors (Lipinski definition) is 1. The van der Waals surface area contributed by atoms with Gasteiger partial charge in [-0.3, -0.25) is 4.99 Å². The first-order chi connectivity index (χ1) is 10.2. The molecule has 1 aromatic rings. The number of likely N-dealkylation sites (tertiary alicyclic amines) is 1. The van der Waals surface area contributed by atoms with Crippen molar-refractivity contribution in [2.24, 2.45) is 10.4 Å². The fourth-order valence-corrected chi connectivity index (χ4v) is 4.53. The van der Waals surface area contributed by atoms with Crippen LogP contribution in [0.4, 0.5) is 0 Å². The van der Waals surface area contributed by atoms with Gasteiger partial charge in [-0.1, -0.05) is 19.3 Å². The lowest BCUT2D eigenvalue weighted by Crippen LogP contribution is -2.41. The summed E-state index contributed by atoms with van der Waals surface area (Å²) in [5, 5.41) is 3.52. The van der Waals surface area contributed by atoms with Crippen molar-refractivity contribution in [3.05, 3.63) is 16.1 Å². The van der Waals surface area contributed by atoms with E-state index in [9.17, 15) is 0 Å². The molecular formula is C16H27IN4S. The number of aryl methyl sites for hydroxylation is 1. The van der Waals surface area contributed by atoms with Crippen LogP contribution in [0.2, 0.25) is 0 Å². The molecule has 2 fully saturated rings. The third-order valence-corrected chi connectivity index (χ3v) is 6.05. The van der Waals surface area contributed by atoms with Crippen molar-refractivity contribution in [3.8, 4) is 0 Å². The molecule has 1 spiro atoms. The van der Waals surface area contributed by atoms with Crippen LogP contribution in [-0.2, 0) is 6.54 Å². The topological polar surface area (TPSA) is 40.5 Å². The highest BCUT2D eigenvalue weighted by Gasteiger charge is 2.39. The smallest absolute Gasteiger partial charge is 0.193 e. The van der Waals surface area contributed by atoms with Crippen LogP contribution in [0.25, 0.3) is 0 Å². The number of aliphatic imine (C=N–C) groups is 1. The minimum Gasteiger partial charge on any atom is -0.351 e. The Morgan fingerprint density at radius 3 is 2.77 bits per heavy atom. The van der Waals surface area contributed by atoms with Crippen molar-refractivity contribution in [1.82, 2.24) is 15.2 Å². The van der Waals surface area contributed by atoms with Crippen molar-refractivity contribution < 1.29 is 0 Å². The van der Waals surface area contributed by atoms with Crippen LogP contribution >= 0.6 is 35.3 Å². The summed E-state index contributed by atoms with van der Waals surface area (Å²) in [6.07, 6.45) is 8.43. The molecule has 0 unspecified atom stereocenters. The third kappa shape index (κ3) is 3.93. The molecule has 4 nitrogen and oxygen atoms in total. The van der Waals surface area contributed by atoms with Crippen LogP contribution in [0.3, 0.4) is 0 Å². The molecule has 3 rings (SSSR count). The molecular weight excluding hydrogens is 407 g/mol. The quantitative estimate of drug-likeness (QED) is 0.437. The fraction of sp³-hybridized carbons (Fsp3) is 0.750. The van der Waals surface area contributed by atoms with Crippen molar-refractivity contribution in [3.63, 3.8) is 0 Å². The highest BCUT2D eigenvalue weighted by Crippen LogP contribution is 2.43. The van der Waals surface area contributed by atoms with Crippen molar-refractivity contribution in [2.75, 3.05) is 20.1 Å². The standard InChI is InChI=1S/C16H26N4S.HI/c1-13-14(21-12-19-13)10-18-15(17-2)20-9-8-16(11-20)6-4-3-5-7-16;/h12H,3-11H2,1-2H3,(H,17,18);1H. The molecule has 124 valence electrons. The fourth-order valence-electron chi connectivity index (χ4n) is 3.81. The van der Waals surface area contributed by atoms with Crippen LogP contribution in [-0.4, -0.2) is 36.0 Å². The number of nitrogens with one attached hydrogen (secondary N) is 1. The van der Waals surface area contributed by atoms with Gasteiger partial charge in [0.2, 0.25) is 0 Å². The minimum absolute atomic E-state index is 0. The maximum Gasteiger partial charge on any atom is 0.193 e. The van der Waals surface area contributed by atoms with E-state index in [0.29, 0.717) is 5.41 Å². The number of nitrogens with zero attached hydrogens (tertiary/aromatic N) is 3. The molecule has 1 saturated heterocycles. The van der Waals surface area contributed by atoms with Crippen molar-refractivity contribution >= 4 is 41.3 Å². The lowest BCUT2D eigenvalue weighted by molar-refractivity contribution is 0.203. The Labute approximate surface area is 154 Å². The lowest BCUT2D eigenvalue weighted by atomic mass is 9.73. The van der Waals surface area contributed by atoms with Gasteiger partial charge in [0.05, 0.1) is 17.7 Å². The zero-order valence-electron chi connectivity index (χ0n) is 13.6. The van der Waals surface area contributed by atoms with Crippen molar-refractivity contribution in [2.45, 2.75) is 52.0 Å². The molecule has 0 amide bonds. The highest BCUT2D eigenvalue weighted by atomic mass is 127. The molecule has 1 aliphatic carbocycles. The maximum atomic E-state index is 4.49. The van der Waals surface area contributed by atoms with Gasteiger partial charge < -0.3 is 10.2 Å². The first kappa shape index (κ1) is 18.0. The molecule has 0 aromatic carbocycles. The third-order valence-electron chi connectivity index (χ3n) is 5.12. The van der Waals surface area contributed by atoms with Crippen LogP contribution in [0.15, 0.2) is 10.5 Å². The van der Waals surface area contributed by atoms with Gasteiger partial charge in [-0.15, -0.1) is 35.3 Å². The number of guanidine groups is 1. The van der Waals surface area contributed by atoms with E-state index in [1.807, 2.05) is 12.6 Å². The zero-order chi connectivity index (χ0) is 14.7. The van der Waals surface area contributed by atoms with Gasteiger partial charge in [0.15, 0.2) is 5.96 Å². The second-order valence-corrected chi connectivity index (χ2v) is 7.43. The SMILES string of the molecule is CN=C(NCc1scnc1C)N1CCC2(CCCCC2)C1.I. The first-order valence-corrected chi connectivity index (χ1v) is 8.95. The molecule has 2 heterocycles. The Morgan fingerprint density at radius 2 is 2.14 bits per heavy atom. The average Bonchev–Trinajstić information content (AvgIpc) is 3.08. The Morgan fingerprint density at radius 1 is 1.36 bits per heavy atom. The van der Waals surface area contributed by atoms with Crippen LogP contribution < -0.4 is 5.32 Å². The van der Waals surface area contributed by atoms with E-state index in [0.717, 1.165) is 24.7 Å². The van der Waals surface area contributed by atoms with E-state index in [1.165, 1.54) is 49.9 Å². The molecule has 22 heavy (non-hydrogen) atoms. The number of hydrogen-bond acceptors (Lipinski definition) is 3. The van der Waals surface area contributed by atoms with E-state index in [4.69, 9.17) is 0 Å². The van der Waals surface area contributed by atoms with E-state index in [1.54, 1.807) is 11.3 Å². The predicted molar refractivity (Wildman–Crippen MR) is 104 cm³/mol. The summed E-state index contributed by atoms with van der Waals surface area (Å²) in [5.74, 6) is 1.06. The monoisotopic (exact) mass is 434 g/mol. The molecule has 0 atom stereocenters. The van der Waals surface area contributed by atoms with E-state index < -0.39 is 0 Å². The Bertz CT molecular complexity index is 508. The Balaban J connectivity index is 0.00000176. The predicted octanol–water partition coefficient (Wildman–Crippen LogP) is 3.80. The van der Waals surface area contributed by atoms with E-state index in [-0.39, 0.29) is 24.0 Å². The zero-order valence-corrected chi connectivity index (χ0v) is 16.7. The van der Waals surface area contributed by atoms with Gasteiger partial charge in [-0.05, 0) is 31.6 Å². The summed E-state index contributed by atoms with van der Waals surface area (Å²) in [5.41, 5.74) is 3.63. The summed E-state index contributed by atoms with van der Waals surface area (Å²) < 4.78 is 0. The number of halogens is 1. The van der Waals surface area contributed by atoms with Crippen molar-refractivity contribution in [1.29, 1.82) is 0 Å². The Hall–Kier alpha value is -0.370. The van der Waals surface area contributed by atoms with Gasteiger partial charge in [-0.25, -0.2) is 4.98 Å². The summed E-state index contributed by atoms with van der Waals surface area (Å²) in [6.45, 7) is 5.26. The minimum atomic E-state index is 0. The molecule has 1 saturated carbocycles. The van der Waals surface area contributed by atoms with Crippen LogP contribution in [0, 0.1) is 12.3 Å². The van der Waals surface area contributed by atoms with E-state index >= 15 is 0 Å². The number of aromatic nitrogens is 1. The highest BCUT2D eigenvalue weighted by molar-refractivity contribution is 14.0. The normalized spacial score (nSPS) is 21.0.